The molecule has 1 atom stereocenters. The quantitative estimate of drug-likeness (QED) is 0.861. The highest BCUT2D eigenvalue weighted by atomic mass is 19.1. The van der Waals surface area contributed by atoms with Crippen LogP contribution < -0.4 is 11.1 Å². The number of likely N-dealkylation sites (tertiary alicyclic amines) is 1. The summed E-state index contributed by atoms with van der Waals surface area (Å²) in [6.07, 6.45) is 2.05. The molecule has 25 heavy (non-hydrogen) atoms. The van der Waals surface area contributed by atoms with Crippen molar-refractivity contribution >= 4 is 11.9 Å². The number of primary amides is 1. The number of hydrogen-bond donors (Lipinski definition) is 2. The average Bonchev–Trinajstić information content (AvgIpc) is 3.11. The topological polar surface area (TPSA) is 84.7 Å². The Balaban J connectivity index is 1.67. The fourth-order valence-corrected chi connectivity index (χ4v) is 3.68. The number of rotatable bonds is 4. The third-order valence-corrected chi connectivity index (χ3v) is 5.34. The molecule has 2 aliphatic rings. The van der Waals surface area contributed by atoms with Crippen LogP contribution in [0.3, 0.4) is 0 Å². The first-order valence-electron chi connectivity index (χ1n) is 8.66. The Morgan fingerprint density at radius 1 is 1.36 bits per heavy atom. The van der Waals surface area contributed by atoms with Gasteiger partial charge in [-0.1, -0.05) is 12.1 Å². The zero-order valence-corrected chi connectivity index (χ0v) is 14.2. The van der Waals surface area contributed by atoms with Crippen molar-refractivity contribution in [3.05, 3.63) is 35.6 Å². The third-order valence-electron chi connectivity index (χ3n) is 5.34. The lowest BCUT2D eigenvalue weighted by molar-refractivity contribution is -0.121. The Kier molecular flexibility index (Phi) is 5.22. The number of urea groups is 1. The fourth-order valence-electron chi connectivity index (χ4n) is 3.68. The van der Waals surface area contributed by atoms with Gasteiger partial charge in [-0.15, -0.1) is 0 Å². The first-order chi connectivity index (χ1) is 12.0. The van der Waals surface area contributed by atoms with Gasteiger partial charge in [0.25, 0.3) is 0 Å². The Hall–Kier alpha value is -2.15. The molecule has 3 amide bonds. The van der Waals surface area contributed by atoms with Crippen molar-refractivity contribution in [3.63, 3.8) is 0 Å². The largest absolute Gasteiger partial charge is 0.381 e. The van der Waals surface area contributed by atoms with Crippen LogP contribution in [-0.2, 0) is 14.9 Å². The Labute approximate surface area is 146 Å². The second-order valence-electron chi connectivity index (χ2n) is 6.90. The van der Waals surface area contributed by atoms with Crippen molar-refractivity contribution in [2.24, 2.45) is 11.7 Å². The summed E-state index contributed by atoms with van der Waals surface area (Å²) >= 11 is 0. The van der Waals surface area contributed by atoms with Crippen LogP contribution in [0, 0.1) is 11.7 Å². The van der Waals surface area contributed by atoms with E-state index in [0.29, 0.717) is 39.3 Å². The average molecular weight is 349 g/mol. The summed E-state index contributed by atoms with van der Waals surface area (Å²) in [6, 6.07) is 6.35. The van der Waals surface area contributed by atoms with Gasteiger partial charge in [-0.3, -0.25) is 4.79 Å². The molecule has 1 aromatic carbocycles. The number of nitrogens with two attached hydrogens (primary N) is 1. The molecule has 3 rings (SSSR count). The third kappa shape index (κ3) is 3.92. The van der Waals surface area contributed by atoms with Crippen molar-refractivity contribution in [2.45, 2.75) is 24.7 Å². The van der Waals surface area contributed by atoms with E-state index in [0.717, 1.165) is 18.4 Å². The number of ether oxygens (including phenoxy) is 1. The summed E-state index contributed by atoms with van der Waals surface area (Å²) in [5, 5.41) is 2.97. The summed E-state index contributed by atoms with van der Waals surface area (Å²) in [4.78, 5) is 25.3. The van der Waals surface area contributed by atoms with E-state index in [4.69, 9.17) is 10.5 Å². The molecule has 2 aliphatic heterocycles. The van der Waals surface area contributed by atoms with Gasteiger partial charge in [-0.2, -0.15) is 0 Å². The molecular weight excluding hydrogens is 325 g/mol. The van der Waals surface area contributed by atoms with Crippen LogP contribution in [0.2, 0.25) is 0 Å². The molecule has 0 unspecified atom stereocenters. The van der Waals surface area contributed by atoms with E-state index in [1.54, 1.807) is 11.0 Å². The SMILES string of the molecule is NC(=O)[C@@H]1CCN(C(=O)NCC2(c3cccc(F)c3)CCOCC2)C1. The summed E-state index contributed by atoms with van der Waals surface area (Å²) in [5.41, 5.74) is 5.86. The van der Waals surface area contributed by atoms with Crippen LogP contribution in [0.25, 0.3) is 0 Å². The summed E-state index contributed by atoms with van der Waals surface area (Å²) in [7, 11) is 0. The zero-order valence-electron chi connectivity index (χ0n) is 14.2. The molecule has 2 saturated heterocycles. The molecule has 0 aliphatic carbocycles. The number of hydrogen-bond acceptors (Lipinski definition) is 3. The fraction of sp³-hybridized carbons (Fsp3) is 0.556. The molecule has 136 valence electrons. The van der Waals surface area contributed by atoms with Gasteiger partial charge in [0.1, 0.15) is 5.82 Å². The van der Waals surface area contributed by atoms with E-state index in [1.807, 2.05) is 6.07 Å². The Bertz CT molecular complexity index is 646. The van der Waals surface area contributed by atoms with Gasteiger partial charge in [0.05, 0.1) is 5.92 Å². The van der Waals surface area contributed by atoms with Gasteiger partial charge in [0.2, 0.25) is 5.91 Å². The minimum atomic E-state index is -0.365. The molecule has 0 aromatic heterocycles. The molecule has 0 bridgehead atoms. The molecule has 0 spiro atoms. The van der Waals surface area contributed by atoms with Crippen LogP contribution in [-0.4, -0.2) is 49.7 Å². The second-order valence-corrected chi connectivity index (χ2v) is 6.90. The molecule has 3 N–H and O–H groups in total. The molecule has 7 heteroatoms. The molecule has 1 aromatic rings. The first kappa shape index (κ1) is 17.7. The predicted octanol–water partition coefficient (Wildman–Crippen LogP) is 1.39. The van der Waals surface area contributed by atoms with Gasteiger partial charge in [0, 0.05) is 38.3 Å². The number of nitrogens with one attached hydrogen (secondary N) is 1. The number of benzene rings is 1. The maximum Gasteiger partial charge on any atom is 0.317 e. The smallest absolute Gasteiger partial charge is 0.317 e. The van der Waals surface area contributed by atoms with E-state index < -0.39 is 0 Å². The number of nitrogens with zero attached hydrogens (tertiary/aromatic N) is 1. The van der Waals surface area contributed by atoms with E-state index in [9.17, 15) is 14.0 Å². The van der Waals surface area contributed by atoms with Gasteiger partial charge in [0.15, 0.2) is 0 Å². The van der Waals surface area contributed by atoms with Gasteiger partial charge in [-0.05, 0) is 37.0 Å². The second kappa shape index (κ2) is 7.39. The number of amides is 3. The molecular formula is C18H24FN3O3. The van der Waals surface area contributed by atoms with Crippen molar-refractivity contribution < 1.29 is 18.7 Å². The maximum atomic E-state index is 13.7. The summed E-state index contributed by atoms with van der Waals surface area (Å²) < 4.78 is 19.1. The van der Waals surface area contributed by atoms with Crippen LogP contribution in [0.4, 0.5) is 9.18 Å². The van der Waals surface area contributed by atoms with Crippen LogP contribution in [0.5, 0.6) is 0 Å². The van der Waals surface area contributed by atoms with Crippen molar-refractivity contribution in [3.8, 4) is 0 Å². The molecule has 2 fully saturated rings. The lowest BCUT2D eigenvalue weighted by atomic mass is 9.74. The van der Waals surface area contributed by atoms with E-state index in [2.05, 4.69) is 5.32 Å². The Morgan fingerprint density at radius 2 is 2.12 bits per heavy atom. The minimum Gasteiger partial charge on any atom is -0.381 e. The Morgan fingerprint density at radius 3 is 2.76 bits per heavy atom. The first-order valence-corrected chi connectivity index (χ1v) is 8.66. The van der Waals surface area contributed by atoms with Gasteiger partial charge < -0.3 is 20.7 Å². The van der Waals surface area contributed by atoms with Crippen molar-refractivity contribution in [1.29, 1.82) is 0 Å². The zero-order chi connectivity index (χ0) is 17.9. The van der Waals surface area contributed by atoms with Crippen molar-refractivity contribution in [2.75, 3.05) is 32.8 Å². The minimum absolute atomic E-state index is 0.203. The standard InChI is InChI=1S/C18H24FN3O3/c19-15-3-1-2-14(10-15)18(5-8-25-9-6-18)12-21-17(24)22-7-4-13(11-22)16(20)23/h1-3,10,13H,4-9,11-12H2,(H2,20,23)(H,21,24)/t13-/m1/s1. The monoisotopic (exact) mass is 349 g/mol. The lowest BCUT2D eigenvalue weighted by Gasteiger charge is -2.38. The number of carbonyl (C=O) groups is 2. The normalized spacial score (nSPS) is 22.6. The van der Waals surface area contributed by atoms with E-state index >= 15 is 0 Å². The maximum absolute atomic E-state index is 13.7. The molecule has 6 nitrogen and oxygen atoms in total. The van der Waals surface area contributed by atoms with Gasteiger partial charge in [-0.25, -0.2) is 9.18 Å². The van der Waals surface area contributed by atoms with E-state index in [1.165, 1.54) is 12.1 Å². The van der Waals surface area contributed by atoms with Gasteiger partial charge >= 0.3 is 6.03 Å². The molecule has 2 heterocycles. The number of carbonyl (C=O) groups excluding carboxylic acids is 2. The highest BCUT2D eigenvalue weighted by Gasteiger charge is 2.36. The lowest BCUT2D eigenvalue weighted by Crippen LogP contribution is -2.48. The van der Waals surface area contributed by atoms with Crippen molar-refractivity contribution in [1.82, 2.24) is 10.2 Å². The highest BCUT2D eigenvalue weighted by molar-refractivity contribution is 5.80. The number of halogens is 1. The molecule has 0 saturated carbocycles. The van der Waals surface area contributed by atoms with Crippen LogP contribution in [0.15, 0.2) is 24.3 Å². The van der Waals surface area contributed by atoms with Crippen LogP contribution >= 0.6 is 0 Å². The highest BCUT2D eigenvalue weighted by Crippen LogP contribution is 2.34. The van der Waals surface area contributed by atoms with Crippen LogP contribution in [0.1, 0.15) is 24.8 Å². The van der Waals surface area contributed by atoms with E-state index in [-0.39, 0.29) is 29.1 Å². The predicted molar refractivity (Wildman–Crippen MR) is 90.4 cm³/mol. The summed E-state index contributed by atoms with van der Waals surface area (Å²) in [5.74, 6) is -0.916. The summed E-state index contributed by atoms with van der Waals surface area (Å²) in [6.45, 7) is 2.46. The molecule has 0 radical (unpaired) electrons.